The maximum Gasteiger partial charge on any atom is 0.416 e. The number of alkyl halides is 3. The second-order valence-corrected chi connectivity index (χ2v) is 11.0. The Labute approximate surface area is 291 Å². The van der Waals surface area contributed by atoms with Crippen LogP contribution in [0.15, 0.2) is 66.7 Å². The summed E-state index contributed by atoms with van der Waals surface area (Å²) in [5, 5.41) is 2.66. The second kappa shape index (κ2) is 17.3. The lowest BCUT2D eigenvalue weighted by molar-refractivity contribution is -0.189. The third-order valence-corrected chi connectivity index (χ3v) is 7.37. The Morgan fingerprint density at radius 2 is 1.25 bits per heavy atom. The van der Waals surface area contributed by atoms with Crippen molar-refractivity contribution in [2.45, 2.75) is 33.4 Å². The molecule has 0 atom stereocenters. The van der Waals surface area contributed by atoms with Crippen LogP contribution in [0.1, 0.15) is 52.6 Å². The number of nitrogens with zero attached hydrogens (tertiary/aromatic N) is 1. The van der Waals surface area contributed by atoms with Gasteiger partial charge in [0.2, 0.25) is 0 Å². The van der Waals surface area contributed by atoms with Crippen molar-refractivity contribution in [1.29, 1.82) is 0 Å². The van der Waals surface area contributed by atoms with Crippen LogP contribution >= 0.6 is 0 Å². The van der Waals surface area contributed by atoms with Gasteiger partial charge in [-0.1, -0.05) is 42.5 Å². The molecule has 0 aliphatic rings. The minimum absolute atomic E-state index is 0.00913. The molecule has 272 valence electrons. The maximum atomic E-state index is 13.6. The first kappa shape index (κ1) is 39.7. The van der Waals surface area contributed by atoms with Gasteiger partial charge in [-0.15, -0.1) is 0 Å². The first-order chi connectivity index (χ1) is 24.1. The van der Waals surface area contributed by atoms with Gasteiger partial charge in [-0.3, -0.25) is 28.8 Å². The zero-order valence-electron chi connectivity index (χ0n) is 28.5. The van der Waals surface area contributed by atoms with E-state index in [0.29, 0.717) is 11.1 Å². The van der Waals surface area contributed by atoms with E-state index in [4.69, 9.17) is 18.9 Å². The van der Waals surface area contributed by atoms with Gasteiger partial charge in [0.1, 0.15) is 6.61 Å². The zero-order chi connectivity index (χ0) is 37.9. The number of benzene rings is 3. The molecule has 3 aromatic rings. The van der Waals surface area contributed by atoms with Gasteiger partial charge in [0.15, 0.2) is 0 Å². The summed E-state index contributed by atoms with van der Waals surface area (Å²) in [5.41, 5.74) is -2.95. The molecule has 0 fully saturated rings. The lowest BCUT2D eigenvalue weighted by Gasteiger charge is -2.26. The number of esters is 4. The fourth-order valence-corrected chi connectivity index (χ4v) is 4.87. The van der Waals surface area contributed by atoms with E-state index in [2.05, 4.69) is 5.32 Å². The summed E-state index contributed by atoms with van der Waals surface area (Å²) in [7, 11) is 2.88. The number of anilines is 1. The molecule has 0 spiro atoms. The van der Waals surface area contributed by atoms with E-state index in [1.165, 1.54) is 76.2 Å². The fraction of sp³-hybridized carbons (Fsp3) is 0.333. The number of hydrogen-bond donors (Lipinski definition) is 1. The third-order valence-electron chi connectivity index (χ3n) is 7.37. The second-order valence-electron chi connectivity index (χ2n) is 11.0. The number of nitrogens with one attached hydrogen (secondary N) is 1. The molecular weight excluding hydrogens is 677 g/mol. The van der Waals surface area contributed by atoms with Gasteiger partial charge in [-0.2, -0.15) is 13.2 Å². The maximum absolute atomic E-state index is 13.6. The molecule has 15 heteroatoms. The van der Waals surface area contributed by atoms with Gasteiger partial charge in [0.05, 0.1) is 43.1 Å². The quantitative estimate of drug-likeness (QED) is 0.136. The van der Waals surface area contributed by atoms with Crippen LogP contribution < -0.4 is 5.32 Å². The minimum atomic E-state index is -4.55. The van der Waals surface area contributed by atoms with Crippen molar-refractivity contribution < 1.29 is 60.9 Å². The Balaban J connectivity index is 1.97. The van der Waals surface area contributed by atoms with Crippen molar-refractivity contribution in [2.24, 2.45) is 5.41 Å². The van der Waals surface area contributed by atoms with E-state index >= 15 is 0 Å². The molecule has 1 N–H and O–H groups in total. The highest BCUT2D eigenvalue weighted by Gasteiger charge is 2.59. The molecule has 0 aliphatic carbocycles. The summed E-state index contributed by atoms with van der Waals surface area (Å²) >= 11 is 0. The van der Waals surface area contributed by atoms with Gasteiger partial charge in [-0.05, 0) is 61.7 Å². The summed E-state index contributed by atoms with van der Waals surface area (Å²) in [6.45, 7) is 2.51. The Hall–Kier alpha value is -5.73. The lowest BCUT2D eigenvalue weighted by Crippen LogP contribution is -2.53. The Kier molecular flexibility index (Phi) is 13.4. The van der Waals surface area contributed by atoms with Gasteiger partial charge < -0.3 is 29.2 Å². The van der Waals surface area contributed by atoms with Crippen molar-refractivity contribution in [1.82, 2.24) is 4.90 Å². The Morgan fingerprint density at radius 3 is 1.76 bits per heavy atom. The average Bonchev–Trinajstić information content (AvgIpc) is 3.08. The zero-order valence-corrected chi connectivity index (χ0v) is 28.5. The molecule has 0 saturated carbocycles. The van der Waals surface area contributed by atoms with Crippen molar-refractivity contribution in [3.63, 3.8) is 0 Å². The molecule has 3 rings (SSSR count). The number of halogens is 3. The van der Waals surface area contributed by atoms with Gasteiger partial charge in [0.25, 0.3) is 17.2 Å². The Bertz CT molecular complexity index is 1730. The average molecular weight is 715 g/mol. The molecule has 3 aromatic carbocycles. The summed E-state index contributed by atoms with van der Waals surface area (Å²) in [4.78, 5) is 80.4. The highest BCUT2D eigenvalue weighted by molar-refractivity contribution is 6.18. The Morgan fingerprint density at radius 1 is 0.706 bits per heavy atom. The highest BCUT2D eigenvalue weighted by Crippen LogP contribution is 2.33. The van der Waals surface area contributed by atoms with E-state index in [0.717, 1.165) is 12.1 Å². The molecular formula is C36H37F3N2O10. The van der Waals surface area contributed by atoms with Gasteiger partial charge in [0, 0.05) is 19.7 Å². The predicted octanol–water partition coefficient (Wildman–Crippen LogP) is 5.09. The van der Waals surface area contributed by atoms with Crippen LogP contribution in [-0.2, 0) is 50.7 Å². The van der Waals surface area contributed by atoms with E-state index in [1.807, 2.05) is 0 Å². The largest absolute Gasteiger partial charge is 0.465 e. The molecule has 0 bridgehead atoms. The van der Waals surface area contributed by atoms with Crippen LogP contribution in [0.25, 0.3) is 11.1 Å². The summed E-state index contributed by atoms with van der Waals surface area (Å²) < 4.78 is 59.5. The topological polar surface area (TPSA) is 155 Å². The number of carbonyl (C=O) groups excluding carboxylic acids is 6. The number of ether oxygens (including phenoxy) is 4. The monoisotopic (exact) mass is 714 g/mol. The number of rotatable bonds is 14. The summed E-state index contributed by atoms with van der Waals surface area (Å²) in [6.07, 6.45) is -5.17. The normalized spacial score (nSPS) is 11.2. The van der Waals surface area contributed by atoms with Crippen LogP contribution in [0.2, 0.25) is 0 Å². The molecule has 0 heterocycles. The predicted molar refractivity (Wildman–Crippen MR) is 176 cm³/mol. The molecule has 0 saturated heterocycles. The molecule has 12 nitrogen and oxygen atoms in total. The van der Waals surface area contributed by atoms with E-state index in [1.54, 1.807) is 18.2 Å². The SMILES string of the molecule is CCOC(=O)C(COC(=O)Cc1cccc(NC(=O)c2ccccc2-c2ccc(C(F)(F)F)cc2)c1C(=O)N(C)C)(C(=O)OCC)C(=O)OCC. The highest BCUT2D eigenvalue weighted by atomic mass is 19.4. The lowest BCUT2D eigenvalue weighted by atomic mass is 9.89. The van der Waals surface area contributed by atoms with Crippen LogP contribution in [0.5, 0.6) is 0 Å². The first-order valence-corrected chi connectivity index (χ1v) is 15.7. The minimum Gasteiger partial charge on any atom is -0.465 e. The summed E-state index contributed by atoms with van der Waals surface area (Å²) in [6, 6.07) is 14.7. The fourth-order valence-electron chi connectivity index (χ4n) is 4.87. The third kappa shape index (κ3) is 9.29. The first-order valence-electron chi connectivity index (χ1n) is 15.7. The standard InChI is InChI=1S/C36H37F3N2O10/c1-6-48-32(45)35(33(46)49-7-2,34(47)50-8-3)21-51-28(42)20-23-12-11-15-27(29(23)31(44)41(4)5)40-30(43)26-14-10-9-13-25(26)22-16-18-24(19-17-22)36(37,38)39/h9-19H,6-8,20-21H2,1-5H3,(H,40,43). The van der Waals surface area contributed by atoms with Crippen molar-refractivity contribution in [3.05, 3.63) is 89.0 Å². The van der Waals surface area contributed by atoms with E-state index in [-0.39, 0.29) is 42.2 Å². The van der Waals surface area contributed by atoms with E-state index < -0.39 is 65.9 Å². The number of amides is 2. The van der Waals surface area contributed by atoms with Crippen molar-refractivity contribution in [2.75, 3.05) is 45.8 Å². The van der Waals surface area contributed by atoms with Crippen LogP contribution in [-0.4, -0.2) is 81.1 Å². The smallest absolute Gasteiger partial charge is 0.416 e. The molecule has 0 aliphatic heterocycles. The summed E-state index contributed by atoms with van der Waals surface area (Å²) in [5.74, 6) is -6.44. The molecule has 51 heavy (non-hydrogen) atoms. The van der Waals surface area contributed by atoms with Gasteiger partial charge >= 0.3 is 30.1 Å². The molecule has 2 amide bonds. The van der Waals surface area contributed by atoms with Gasteiger partial charge in [-0.25, -0.2) is 0 Å². The van der Waals surface area contributed by atoms with Crippen LogP contribution in [0.3, 0.4) is 0 Å². The van der Waals surface area contributed by atoms with Crippen molar-refractivity contribution in [3.8, 4) is 11.1 Å². The van der Waals surface area contributed by atoms with E-state index in [9.17, 15) is 41.9 Å². The van der Waals surface area contributed by atoms with Crippen LogP contribution in [0, 0.1) is 5.41 Å². The molecule has 0 radical (unpaired) electrons. The molecule has 0 unspecified atom stereocenters. The van der Waals surface area contributed by atoms with Crippen LogP contribution in [0.4, 0.5) is 18.9 Å². The van der Waals surface area contributed by atoms with Crippen molar-refractivity contribution >= 4 is 41.4 Å². The number of hydrogen-bond acceptors (Lipinski definition) is 10. The molecule has 0 aromatic heterocycles. The number of carbonyl (C=O) groups is 6.